The van der Waals surface area contributed by atoms with Crippen LogP contribution in [-0.2, 0) is 0 Å². The van der Waals surface area contributed by atoms with Crippen molar-refractivity contribution >= 4 is 60.4 Å². The number of benzene rings is 9. The SMILES string of the molecule is c1ccc(-n2c3ccccc3c3ccc(-c4ccc(-c5ccccc5N(c5cccc6ccccc56)c5cccc6ccccc56)cc4)cc32)cc1. The monoisotopic (exact) mass is 662 g/mol. The van der Waals surface area contributed by atoms with E-state index in [0.29, 0.717) is 0 Å². The van der Waals surface area contributed by atoms with Crippen LogP contribution >= 0.6 is 0 Å². The minimum Gasteiger partial charge on any atom is -0.309 e. The minimum absolute atomic E-state index is 1.14. The van der Waals surface area contributed by atoms with Crippen LogP contribution in [0.3, 0.4) is 0 Å². The van der Waals surface area contributed by atoms with E-state index < -0.39 is 0 Å². The van der Waals surface area contributed by atoms with E-state index in [0.717, 1.165) is 17.1 Å². The van der Waals surface area contributed by atoms with Crippen molar-refractivity contribution in [2.24, 2.45) is 0 Å². The van der Waals surface area contributed by atoms with Crippen LogP contribution in [0.5, 0.6) is 0 Å². The van der Waals surface area contributed by atoms with E-state index in [4.69, 9.17) is 0 Å². The Hall–Kier alpha value is -6.90. The van der Waals surface area contributed by atoms with Crippen LogP contribution in [0.1, 0.15) is 0 Å². The van der Waals surface area contributed by atoms with Crippen LogP contribution in [0.2, 0.25) is 0 Å². The Balaban J connectivity index is 1.12. The Bertz CT molecular complexity index is 2810. The number of para-hydroxylation sites is 3. The molecule has 1 heterocycles. The second kappa shape index (κ2) is 12.5. The Morgan fingerprint density at radius 3 is 1.52 bits per heavy atom. The Labute approximate surface area is 303 Å². The standard InChI is InChI=1S/C50H34N2/c1-2-18-40(19-3-1)51-49-25-11-9-23-44(49)45-33-32-39(34-50(45)51)35-28-30-38(31-29-35)43-22-8-10-24-46(43)52(47-26-12-16-36-14-4-6-20-41(36)47)48-27-13-17-37-15-5-7-21-42(37)48/h1-34H. The molecule has 2 nitrogen and oxygen atoms in total. The van der Waals surface area contributed by atoms with Crippen LogP contribution in [0.25, 0.3) is 71.3 Å². The first-order valence-corrected chi connectivity index (χ1v) is 17.9. The van der Waals surface area contributed by atoms with Gasteiger partial charge in [-0.15, -0.1) is 0 Å². The Morgan fingerprint density at radius 2 is 0.808 bits per heavy atom. The van der Waals surface area contributed by atoms with Crippen molar-refractivity contribution in [2.75, 3.05) is 4.90 Å². The second-order valence-electron chi connectivity index (χ2n) is 13.3. The molecule has 0 aliphatic carbocycles. The summed E-state index contributed by atoms with van der Waals surface area (Å²) in [6.07, 6.45) is 0. The zero-order chi connectivity index (χ0) is 34.4. The molecule has 0 saturated heterocycles. The zero-order valence-electron chi connectivity index (χ0n) is 28.5. The van der Waals surface area contributed by atoms with Gasteiger partial charge in [0.25, 0.3) is 0 Å². The van der Waals surface area contributed by atoms with Gasteiger partial charge < -0.3 is 9.47 Å². The zero-order valence-corrected chi connectivity index (χ0v) is 28.5. The maximum Gasteiger partial charge on any atom is 0.0547 e. The number of aromatic nitrogens is 1. The lowest BCUT2D eigenvalue weighted by molar-refractivity contribution is 1.18. The van der Waals surface area contributed by atoms with Crippen molar-refractivity contribution < 1.29 is 0 Å². The van der Waals surface area contributed by atoms with Gasteiger partial charge in [0.15, 0.2) is 0 Å². The molecule has 10 rings (SSSR count). The normalized spacial score (nSPS) is 11.5. The maximum atomic E-state index is 2.45. The summed E-state index contributed by atoms with van der Waals surface area (Å²) in [6, 6.07) is 74.7. The van der Waals surface area contributed by atoms with Crippen LogP contribution in [0.4, 0.5) is 17.1 Å². The Morgan fingerprint density at radius 1 is 0.308 bits per heavy atom. The summed E-state index contributed by atoms with van der Waals surface area (Å²) in [5.41, 5.74) is 11.8. The fourth-order valence-electron chi connectivity index (χ4n) is 7.96. The van der Waals surface area contributed by atoms with Gasteiger partial charge in [0.05, 0.1) is 28.1 Å². The van der Waals surface area contributed by atoms with Crippen molar-refractivity contribution in [3.05, 3.63) is 206 Å². The third kappa shape index (κ3) is 4.96. The predicted molar refractivity (Wildman–Crippen MR) is 221 cm³/mol. The highest BCUT2D eigenvalue weighted by molar-refractivity contribution is 6.10. The van der Waals surface area contributed by atoms with Gasteiger partial charge in [-0.2, -0.15) is 0 Å². The summed E-state index contributed by atoms with van der Waals surface area (Å²) < 4.78 is 2.38. The van der Waals surface area contributed by atoms with E-state index in [1.54, 1.807) is 0 Å². The molecule has 0 unspecified atom stereocenters. The molecule has 0 fully saturated rings. The van der Waals surface area contributed by atoms with Gasteiger partial charge in [0.1, 0.15) is 0 Å². The molecule has 0 N–H and O–H groups in total. The molecule has 244 valence electrons. The van der Waals surface area contributed by atoms with E-state index in [-0.39, 0.29) is 0 Å². The molecular weight excluding hydrogens is 629 g/mol. The maximum absolute atomic E-state index is 2.45. The average molecular weight is 663 g/mol. The van der Waals surface area contributed by atoms with Crippen LogP contribution in [0, 0.1) is 0 Å². The fraction of sp³-hybridized carbons (Fsp3) is 0. The molecule has 0 radical (unpaired) electrons. The van der Waals surface area contributed by atoms with Crippen LogP contribution < -0.4 is 4.90 Å². The molecule has 9 aromatic carbocycles. The molecule has 1 aromatic heterocycles. The number of rotatable bonds is 6. The van der Waals surface area contributed by atoms with Crippen molar-refractivity contribution in [1.82, 2.24) is 4.57 Å². The number of hydrogen-bond donors (Lipinski definition) is 0. The molecule has 0 bridgehead atoms. The first kappa shape index (κ1) is 30.0. The highest BCUT2D eigenvalue weighted by atomic mass is 15.1. The summed E-state index contributed by atoms with van der Waals surface area (Å²) in [4.78, 5) is 2.45. The molecular formula is C50H34N2. The lowest BCUT2D eigenvalue weighted by Gasteiger charge is -2.30. The van der Waals surface area contributed by atoms with E-state index in [2.05, 4.69) is 216 Å². The highest BCUT2D eigenvalue weighted by Gasteiger charge is 2.21. The average Bonchev–Trinajstić information content (AvgIpc) is 3.55. The van der Waals surface area contributed by atoms with Gasteiger partial charge in [-0.1, -0.05) is 164 Å². The van der Waals surface area contributed by atoms with Crippen LogP contribution in [-0.4, -0.2) is 4.57 Å². The number of anilines is 3. The second-order valence-corrected chi connectivity index (χ2v) is 13.3. The topological polar surface area (TPSA) is 8.17 Å². The van der Waals surface area contributed by atoms with Gasteiger partial charge in [0.2, 0.25) is 0 Å². The van der Waals surface area contributed by atoms with Gasteiger partial charge >= 0.3 is 0 Å². The molecule has 0 aliphatic rings. The summed E-state index contributed by atoms with van der Waals surface area (Å²) in [5.74, 6) is 0. The molecule has 0 aliphatic heterocycles. The summed E-state index contributed by atoms with van der Waals surface area (Å²) in [7, 11) is 0. The van der Waals surface area contributed by atoms with Crippen molar-refractivity contribution in [1.29, 1.82) is 0 Å². The first-order chi connectivity index (χ1) is 25.8. The van der Waals surface area contributed by atoms with Gasteiger partial charge in [-0.3, -0.25) is 0 Å². The summed E-state index contributed by atoms with van der Waals surface area (Å²) in [6.45, 7) is 0. The van der Waals surface area contributed by atoms with E-state index >= 15 is 0 Å². The van der Waals surface area contributed by atoms with E-state index in [9.17, 15) is 0 Å². The quantitative estimate of drug-likeness (QED) is 0.172. The predicted octanol–water partition coefficient (Wildman–Crippen LogP) is 13.9. The largest absolute Gasteiger partial charge is 0.309 e. The molecule has 0 saturated carbocycles. The molecule has 10 aromatic rings. The third-order valence-corrected chi connectivity index (χ3v) is 10.4. The number of hydrogen-bond acceptors (Lipinski definition) is 1. The Kier molecular flexibility index (Phi) is 7.18. The van der Waals surface area contributed by atoms with E-state index in [1.807, 2.05) is 0 Å². The minimum atomic E-state index is 1.14. The van der Waals surface area contributed by atoms with Crippen LogP contribution in [0.15, 0.2) is 206 Å². The van der Waals surface area contributed by atoms with Crippen molar-refractivity contribution in [2.45, 2.75) is 0 Å². The van der Waals surface area contributed by atoms with Crippen molar-refractivity contribution in [3.8, 4) is 27.9 Å². The smallest absolute Gasteiger partial charge is 0.0547 e. The molecule has 0 atom stereocenters. The molecule has 2 heteroatoms. The van der Waals surface area contributed by atoms with Gasteiger partial charge in [0, 0.05) is 32.8 Å². The lowest BCUT2D eigenvalue weighted by atomic mass is 9.97. The number of nitrogens with zero attached hydrogens (tertiary/aromatic N) is 2. The highest BCUT2D eigenvalue weighted by Crippen LogP contribution is 2.46. The first-order valence-electron chi connectivity index (χ1n) is 17.9. The fourth-order valence-corrected chi connectivity index (χ4v) is 7.96. The summed E-state index contributed by atoms with van der Waals surface area (Å²) >= 11 is 0. The summed E-state index contributed by atoms with van der Waals surface area (Å²) in [5, 5.41) is 7.39. The van der Waals surface area contributed by atoms with E-state index in [1.165, 1.54) is 71.3 Å². The molecule has 0 amide bonds. The van der Waals surface area contributed by atoms with Gasteiger partial charge in [-0.25, -0.2) is 0 Å². The molecule has 52 heavy (non-hydrogen) atoms. The molecule has 0 spiro atoms. The number of fused-ring (bicyclic) bond motifs is 5. The third-order valence-electron chi connectivity index (χ3n) is 10.4. The lowest BCUT2D eigenvalue weighted by Crippen LogP contribution is -2.12. The van der Waals surface area contributed by atoms with Gasteiger partial charge in [-0.05, 0) is 69.9 Å². The van der Waals surface area contributed by atoms with Crippen molar-refractivity contribution in [3.63, 3.8) is 0 Å².